The second-order valence-corrected chi connectivity index (χ2v) is 8.13. The molecule has 5 heterocycles. The molecule has 3 fully saturated rings. The van der Waals surface area contributed by atoms with Gasteiger partial charge in [-0.25, -0.2) is 0 Å². The molecule has 2 bridgehead atoms. The molecule has 3 aliphatic heterocycles. The average molecular weight is 370 g/mol. The molecule has 2 aromatic heterocycles. The normalized spacial score (nSPS) is 26.2. The summed E-state index contributed by atoms with van der Waals surface area (Å²) in [7, 11) is 0. The summed E-state index contributed by atoms with van der Waals surface area (Å²) in [5.41, 5.74) is 0. The van der Waals surface area contributed by atoms with Crippen LogP contribution in [0.5, 0.6) is 10.3 Å². The Morgan fingerprint density at radius 1 is 1.39 bits per heavy atom. The van der Waals surface area contributed by atoms with Gasteiger partial charge in [0.2, 0.25) is 0 Å². The van der Waals surface area contributed by atoms with Crippen LogP contribution in [0.4, 0.5) is 0 Å². The Kier molecular flexibility index (Phi) is 4.27. The molecule has 3 aliphatic rings. The van der Waals surface area contributed by atoms with Crippen LogP contribution in [0.2, 0.25) is 5.15 Å². The quantitative estimate of drug-likeness (QED) is 0.896. The first-order valence-corrected chi connectivity index (χ1v) is 9.67. The Morgan fingerprint density at radius 3 is 2.87 bits per heavy atom. The molecule has 5 nitrogen and oxygen atoms in total. The molecule has 122 valence electrons. The van der Waals surface area contributed by atoms with Gasteiger partial charge in [0.05, 0.1) is 4.88 Å². The van der Waals surface area contributed by atoms with Crippen molar-refractivity contribution in [2.75, 3.05) is 19.6 Å². The summed E-state index contributed by atoms with van der Waals surface area (Å²) in [6, 6.07) is 3.87. The number of hydrogen-bond acceptors (Lipinski definition) is 6. The van der Waals surface area contributed by atoms with E-state index in [-0.39, 0.29) is 11.9 Å². The second-order valence-electron chi connectivity index (χ2n) is 5.87. The number of aromatic nitrogens is 1. The Balaban J connectivity index is 1.39. The number of hydrogen-bond donors (Lipinski definition) is 1. The smallest absolute Gasteiger partial charge is 0.280 e. The summed E-state index contributed by atoms with van der Waals surface area (Å²) in [4.78, 5) is 19.6. The van der Waals surface area contributed by atoms with Gasteiger partial charge in [-0.1, -0.05) is 34.3 Å². The Hall–Kier alpha value is -1.15. The van der Waals surface area contributed by atoms with Gasteiger partial charge in [-0.05, 0) is 44.0 Å². The van der Waals surface area contributed by atoms with E-state index in [9.17, 15) is 4.79 Å². The number of piperidine rings is 3. The van der Waals surface area contributed by atoms with E-state index < -0.39 is 0 Å². The predicted octanol–water partition coefficient (Wildman–Crippen LogP) is 3.47. The highest BCUT2D eigenvalue weighted by atomic mass is 35.5. The maximum atomic E-state index is 12.5. The Bertz CT molecular complexity index is 709. The molecule has 1 unspecified atom stereocenters. The number of carbonyl (C=O) groups excluding carboxylic acids is 1. The number of thiophene rings is 1. The molecule has 0 aliphatic carbocycles. The maximum Gasteiger partial charge on any atom is 0.280 e. The van der Waals surface area contributed by atoms with Crippen molar-refractivity contribution in [3.05, 3.63) is 27.5 Å². The minimum atomic E-state index is -0.0132. The number of rotatable bonds is 4. The summed E-state index contributed by atoms with van der Waals surface area (Å²) < 4.78 is 5.62. The van der Waals surface area contributed by atoms with Crippen LogP contribution in [0, 0.1) is 5.92 Å². The summed E-state index contributed by atoms with van der Waals surface area (Å²) in [5, 5.41) is 6.46. The molecule has 0 spiro atoms. The molecule has 1 N–H and O–H groups in total. The van der Waals surface area contributed by atoms with Crippen molar-refractivity contribution >= 4 is 40.2 Å². The highest BCUT2D eigenvalue weighted by Crippen LogP contribution is 2.33. The maximum absolute atomic E-state index is 12.5. The number of carbonyl (C=O) groups is 1. The van der Waals surface area contributed by atoms with E-state index in [4.69, 9.17) is 16.3 Å². The first kappa shape index (κ1) is 15.4. The van der Waals surface area contributed by atoms with E-state index in [0.29, 0.717) is 26.2 Å². The van der Waals surface area contributed by atoms with Gasteiger partial charge in [0.1, 0.15) is 5.15 Å². The van der Waals surface area contributed by atoms with Crippen molar-refractivity contribution in [1.29, 1.82) is 0 Å². The molecular weight excluding hydrogens is 354 g/mol. The molecule has 0 radical (unpaired) electrons. The van der Waals surface area contributed by atoms with E-state index in [2.05, 4.69) is 15.2 Å². The van der Waals surface area contributed by atoms with Gasteiger partial charge in [0, 0.05) is 18.0 Å². The zero-order valence-electron chi connectivity index (χ0n) is 12.3. The fourth-order valence-electron chi connectivity index (χ4n) is 3.24. The van der Waals surface area contributed by atoms with Gasteiger partial charge in [-0.2, -0.15) is 4.98 Å². The first-order chi connectivity index (χ1) is 11.2. The van der Waals surface area contributed by atoms with Crippen LogP contribution < -0.4 is 10.1 Å². The van der Waals surface area contributed by atoms with E-state index in [0.717, 1.165) is 6.54 Å². The van der Waals surface area contributed by atoms with Crippen molar-refractivity contribution in [2.24, 2.45) is 5.92 Å². The molecule has 2 aromatic rings. The van der Waals surface area contributed by atoms with Crippen molar-refractivity contribution in [1.82, 2.24) is 15.2 Å². The van der Waals surface area contributed by atoms with Gasteiger partial charge in [0.15, 0.2) is 5.06 Å². The van der Waals surface area contributed by atoms with Gasteiger partial charge in [0.25, 0.3) is 11.1 Å². The zero-order valence-corrected chi connectivity index (χ0v) is 14.7. The molecule has 0 saturated carbocycles. The summed E-state index contributed by atoms with van der Waals surface area (Å²) >= 11 is 8.44. The fraction of sp³-hybridized carbons (Fsp3) is 0.467. The van der Waals surface area contributed by atoms with Gasteiger partial charge < -0.3 is 15.0 Å². The highest BCUT2D eigenvalue weighted by Gasteiger charge is 2.35. The Labute approximate surface area is 147 Å². The number of thiazole rings is 1. The molecule has 1 amide bonds. The van der Waals surface area contributed by atoms with Crippen LogP contribution in [-0.2, 0) is 0 Å². The molecule has 0 aromatic carbocycles. The average Bonchev–Trinajstić information content (AvgIpc) is 3.18. The molecular formula is C15H16ClN3O2S2. The molecule has 23 heavy (non-hydrogen) atoms. The predicted molar refractivity (Wildman–Crippen MR) is 91.9 cm³/mol. The minimum Gasteiger partial charge on any atom is -0.420 e. The van der Waals surface area contributed by atoms with Crippen LogP contribution in [0.3, 0.4) is 0 Å². The van der Waals surface area contributed by atoms with E-state index in [1.807, 2.05) is 0 Å². The standard InChI is InChI=1S/C15H16ClN3O2S2/c16-12-8-22-15(18-12)21-13-2-1-11(23-13)14(20)17-10-7-19-5-3-9(10)4-6-19/h1-2,8-10H,3-7H2,(H,17,20). The van der Waals surface area contributed by atoms with E-state index in [1.54, 1.807) is 17.5 Å². The van der Waals surface area contributed by atoms with Crippen molar-refractivity contribution in [2.45, 2.75) is 18.9 Å². The number of nitrogens with zero attached hydrogens (tertiary/aromatic N) is 2. The lowest BCUT2D eigenvalue weighted by Crippen LogP contribution is -2.57. The zero-order chi connectivity index (χ0) is 15.8. The fourth-order valence-corrected chi connectivity index (χ4v) is 4.85. The monoisotopic (exact) mass is 369 g/mol. The molecule has 1 atom stereocenters. The lowest BCUT2D eigenvalue weighted by atomic mass is 9.84. The number of amides is 1. The minimum absolute atomic E-state index is 0.0132. The third kappa shape index (κ3) is 3.38. The van der Waals surface area contributed by atoms with Crippen molar-refractivity contribution in [3.63, 3.8) is 0 Å². The van der Waals surface area contributed by atoms with Gasteiger partial charge in [-0.3, -0.25) is 4.79 Å². The van der Waals surface area contributed by atoms with Crippen LogP contribution >= 0.6 is 34.3 Å². The number of fused-ring (bicyclic) bond motifs is 3. The van der Waals surface area contributed by atoms with Crippen molar-refractivity contribution in [3.8, 4) is 10.3 Å². The summed E-state index contributed by atoms with van der Waals surface area (Å²) in [6.45, 7) is 3.32. The van der Waals surface area contributed by atoms with E-state index in [1.165, 1.54) is 48.6 Å². The van der Waals surface area contributed by atoms with Crippen LogP contribution in [-0.4, -0.2) is 41.5 Å². The topological polar surface area (TPSA) is 54.5 Å². The lowest BCUT2D eigenvalue weighted by molar-refractivity contribution is 0.0622. The molecule has 8 heteroatoms. The third-order valence-corrected chi connectivity index (χ3v) is 6.42. The number of halogens is 1. The molecule has 5 rings (SSSR count). The summed E-state index contributed by atoms with van der Waals surface area (Å²) in [5.74, 6) is 0.609. The number of nitrogens with one attached hydrogen (secondary N) is 1. The SMILES string of the molecule is O=C(NC1CN2CCC1CC2)c1ccc(Oc2nc(Cl)cs2)s1. The highest BCUT2D eigenvalue weighted by molar-refractivity contribution is 7.16. The summed E-state index contributed by atoms with van der Waals surface area (Å²) in [6.07, 6.45) is 2.38. The van der Waals surface area contributed by atoms with Gasteiger partial charge >= 0.3 is 0 Å². The molecule has 3 saturated heterocycles. The number of ether oxygens (including phenoxy) is 1. The van der Waals surface area contributed by atoms with Crippen LogP contribution in [0.25, 0.3) is 0 Å². The third-order valence-electron chi connectivity index (χ3n) is 4.42. The largest absolute Gasteiger partial charge is 0.420 e. The van der Waals surface area contributed by atoms with E-state index >= 15 is 0 Å². The van der Waals surface area contributed by atoms with Crippen LogP contribution in [0.15, 0.2) is 17.5 Å². The van der Waals surface area contributed by atoms with Crippen LogP contribution in [0.1, 0.15) is 22.5 Å². The van der Waals surface area contributed by atoms with Crippen molar-refractivity contribution < 1.29 is 9.53 Å². The van der Waals surface area contributed by atoms with Gasteiger partial charge in [-0.15, -0.1) is 0 Å². The second kappa shape index (κ2) is 6.39. The first-order valence-electron chi connectivity index (χ1n) is 7.59. The lowest BCUT2D eigenvalue weighted by Gasteiger charge is -2.44. The Morgan fingerprint density at radius 2 is 2.22 bits per heavy atom.